The molecular weight excluding hydrogens is 318 g/mol. The van der Waals surface area contributed by atoms with Gasteiger partial charge in [0.25, 0.3) is 5.91 Å². The number of nitrogens with zero attached hydrogens (tertiary/aromatic N) is 3. The van der Waals surface area contributed by atoms with Crippen LogP contribution in [0, 0.1) is 6.92 Å². The summed E-state index contributed by atoms with van der Waals surface area (Å²) in [6.07, 6.45) is 3.50. The van der Waals surface area contributed by atoms with Crippen LogP contribution < -0.4 is 5.43 Å². The number of benzene rings is 1. The number of aryl methyl sites for hydroxylation is 1. The zero-order chi connectivity index (χ0) is 15.4. The largest absolute Gasteiger partial charge is 0.361 e. The first-order valence-electron chi connectivity index (χ1n) is 6.53. The van der Waals surface area contributed by atoms with E-state index < -0.39 is 0 Å². The van der Waals surface area contributed by atoms with Crippen LogP contribution in [0.4, 0.5) is 0 Å². The number of carbonyl (C=O) groups is 1. The van der Waals surface area contributed by atoms with Crippen molar-refractivity contribution in [3.8, 4) is 0 Å². The molecule has 0 fully saturated rings. The molecule has 0 aliphatic carbocycles. The first kappa shape index (κ1) is 14.7. The highest BCUT2D eigenvalue weighted by atomic mass is 32.2. The fourth-order valence-corrected chi connectivity index (χ4v) is 3.48. The normalized spacial score (nSPS) is 11.3. The van der Waals surface area contributed by atoms with E-state index in [1.807, 2.05) is 37.4 Å². The standard InChI is InChI=1S/C14H13N5OS2/c1-9-17-19-14(22-9)21-8-13(20)18-16-7-10-6-15-12-5-3-2-4-11(10)12/h2-7,15H,8H2,1H3,(H,18,20). The summed E-state index contributed by atoms with van der Waals surface area (Å²) < 4.78 is 0.785. The van der Waals surface area contributed by atoms with Gasteiger partial charge < -0.3 is 4.98 Å². The quantitative estimate of drug-likeness (QED) is 0.428. The molecule has 22 heavy (non-hydrogen) atoms. The topological polar surface area (TPSA) is 83.0 Å². The second-order valence-corrected chi connectivity index (χ2v) is 6.86. The third-order valence-electron chi connectivity index (χ3n) is 2.85. The Labute approximate surface area is 135 Å². The van der Waals surface area contributed by atoms with Gasteiger partial charge in [-0.05, 0) is 13.0 Å². The van der Waals surface area contributed by atoms with Gasteiger partial charge in [0.1, 0.15) is 5.01 Å². The third kappa shape index (κ3) is 3.52. The van der Waals surface area contributed by atoms with Gasteiger partial charge in [0.15, 0.2) is 4.34 Å². The highest BCUT2D eigenvalue weighted by Crippen LogP contribution is 2.21. The minimum absolute atomic E-state index is 0.172. The Morgan fingerprint density at radius 3 is 3.14 bits per heavy atom. The number of fused-ring (bicyclic) bond motifs is 1. The molecule has 1 amide bonds. The number of H-pyrrole nitrogens is 1. The van der Waals surface area contributed by atoms with Crippen LogP contribution in [0.15, 0.2) is 39.9 Å². The lowest BCUT2D eigenvalue weighted by Crippen LogP contribution is -2.19. The number of aromatic amines is 1. The van der Waals surface area contributed by atoms with E-state index in [2.05, 4.69) is 25.7 Å². The van der Waals surface area contributed by atoms with Crippen molar-refractivity contribution >= 4 is 46.1 Å². The van der Waals surface area contributed by atoms with E-state index in [1.54, 1.807) is 6.21 Å². The number of hydrogen-bond acceptors (Lipinski definition) is 6. The Kier molecular flexibility index (Phi) is 4.50. The molecule has 8 heteroatoms. The molecule has 0 unspecified atom stereocenters. The lowest BCUT2D eigenvalue weighted by molar-refractivity contribution is -0.118. The van der Waals surface area contributed by atoms with Crippen molar-refractivity contribution in [2.24, 2.45) is 5.10 Å². The molecule has 0 atom stereocenters. The summed E-state index contributed by atoms with van der Waals surface area (Å²) in [5.74, 6) is 0.0915. The number of rotatable bonds is 5. The van der Waals surface area contributed by atoms with Crippen LogP contribution >= 0.6 is 23.1 Å². The SMILES string of the molecule is Cc1nnc(SCC(=O)NN=Cc2c[nH]c3ccccc23)s1. The molecule has 2 aromatic heterocycles. The summed E-state index contributed by atoms with van der Waals surface area (Å²) in [4.78, 5) is 14.9. The molecule has 0 radical (unpaired) electrons. The van der Waals surface area contributed by atoms with Crippen LogP contribution in [-0.2, 0) is 4.79 Å². The molecule has 0 saturated heterocycles. The van der Waals surface area contributed by atoms with Crippen LogP contribution in [0.5, 0.6) is 0 Å². The van der Waals surface area contributed by atoms with E-state index in [1.165, 1.54) is 23.1 Å². The molecule has 1 aromatic carbocycles. The van der Waals surface area contributed by atoms with Crippen LogP contribution in [-0.4, -0.2) is 33.1 Å². The maximum absolute atomic E-state index is 11.7. The van der Waals surface area contributed by atoms with Gasteiger partial charge in [0.2, 0.25) is 0 Å². The first-order chi connectivity index (χ1) is 10.7. The van der Waals surface area contributed by atoms with Gasteiger partial charge in [0, 0.05) is 22.7 Å². The van der Waals surface area contributed by atoms with Gasteiger partial charge in [0.05, 0.1) is 12.0 Å². The molecule has 0 bridgehead atoms. The predicted octanol–water partition coefficient (Wildman–Crippen LogP) is 2.57. The summed E-state index contributed by atoms with van der Waals surface area (Å²) in [5.41, 5.74) is 4.49. The number of para-hydroxylation sites is 1. The maximum atomic E-state index is 11.7. The molecule has 6 nitrogen and oxygen atoms in total. The number of amides is 1. The predicted molar refractivity (Wildman–Crippen MR) is 89.4 cm³/mol. The average Bonchev–Trinajstić information content (AvgIpc) is 3.12. The maximum Gasteiger partial charge on any atom is 0.250 e. The van der Waals surface area contributed by atoms with Gasteiger partial charge in [-0.3, -0.25) is 4.79 Å². The molecule has 0 spiro atoms. The highest BCUT2D eigenvalue weighted by Gasteiger charge is 2.05. The van der Waals surface area contributed by atoms with Crippen LogP contribution in [0.3, 0.4) is 0 Å². The van der Waals surface area contributed by atoms with E-state index in [0.29, 0.717) is 0 Å². The minimum Gasteiger partial charge on any atom is -0.361 e. The molecule has 0 saturated carbocycles. The van der Waals surface area contributed by atoms with Crippen LogP contribution in [0.25, 0.3) is 10.9 Å². The lowest BCUT2D eigenvalue weighted by atomic mass is 10.2. The summed E-state index contributed by atoms with van der Waals surface area (Å²) in [7, 11) is 0. The Balaban J connectivity index is 1.54. The molecule has 2 N–H and O–H groups in total. The van der Waals surface area contributed by atoms with E-state index >= 15 is 0 Å². The number of aromatic nitrogens is 3. The summed E-state index contributed by atoms with van der Waals surface area (Å²) in [6, 6.07) is 7.93. The summed E-state index contributed by atoms with van der Waals surface area (Å²) >= 11 is 2.82. The average molecular weight is 331 g/mol. The fraction of sp³-hybridized carbons (Fsp3) is 0.143. The van der Waals surface area contributed by atoms with Crippen molar-refractivity contribution in [3.63, 3.8) is 0 Å². The van der Waals surface area contributed by atoms with E-state index in [0.717, 1.165) is 25.8 Å². The van der Waals surface area contributed by atoms with Gasteiger partial charge >= 0.3 is 0 Å². The highest BCUT2D eigenvalue weighted by molar-refractivity contribution is 8.01. The van der Waals surface area contributed by atoms with Crippen molar-refractivity contribution in [3.05, 3.63) is 41.0 Å². The molecule has 0 aliphatic heterocycles. The number of hydrogen-bond donors (Lipinski definition) is 2. The molecule has 112 valence electrons. The fourth-order valence-electron chi connectivity index (χ4n) is 1.87. The number of hydrazone groups is 1. The lowest BCUT2D eigenvalue weighted by Gasteiger charge is -1.97. The summed E-state index contributed by atoms with van der Waals surface area (Å²) in [6.45, 7) is 1.88. The van der Waals surface area contributed by atoms with Crippen molar-refractivity contribution in [1.82, 2.24) is 20.6 Å². The van der Waals surface area contributed by atoms with Gasteiger partial charge in [-0.2, -0.15) is 5.10 Å². The van der Waals surface area contributed by atoms with Crippen molar-refractivity contribution < 1.29 is 4.79 Å². The molecule has 0 aliphatic rings. The monoisotopic (exact) mass is 331 g/mol. The number of nitrogens with one attached hydrogen (secondary N) is 2. The van der Waals surface area contributed by atoms with E-state index in [-0.39, 0.29) is 11.7 Å². The zero-order valence-electron chi connectivity index (χ0n) is 11.7. The Bertz CT molecular complexity index is 823. The third-order valence-corrected chi connectivity index (χ3v) is 4.82. The molecular formula is C14H13N5OS2. The number of thioether (sulfide) groups is 1. The van der Waals surface area contributed by atoms with E-state index in [9.17, 15) is 4.79 Å². The Hall–Kier alpha value is -2.19. The van der Waals surface area contributed by atoms with Crippen LogP contribution in [0.1, 0.15) is 10.6 Å². The molecule has 3 aromatic rings. The zero-order valence-corrected chi connectivity index (χ0v) is 13.4. The van der Waals surface area contributed by atoms with Crippen LogP contribution in [0.2, 0.25) is 0 Å². The molecule has 3 rings (SSSR count). The van der Waals surface area contributed by atoms with Gasteiger partial charge in [-0.15, -0.1) is 10.2 Å². The van der Waals surface area contributed by atoms with Gasteiger partial charge in [-0.25, -0.2) is 5.43 Å². The van der Waals surface area contributed by atoms with Crippen molar-refractivity contribution in [1.29, 1.82) is 0 Å². The Morgan fingerprint density at radius 2 is 2.32 bits per heavy atom. The minimum atomic E-state index is -0.172. The van der Waals surface area contributed by atoms with E-state index in [4.69, 9.17) is 0 Å². The van der Waals surface area contributed by atoms with Crippen molar-refractivity contribution in [2.45, 2.75) is 11.3 Å². The second kappa shape index (κ2) is 6.71. The van der Waals surface area contributed by atoms with Crippen molar-refractivity contribution in [2.75, 3.05) is 5.75 Å². The summed E-state index contributed by atoms with van der Waals surface area (Å²) in [5, 5.41) is 13.8. The Morgan fingerprint density at radius 1 is 1.45 bits per heavy atom. The van der Waals surface area contributed by atoms with Gasteiger partial charge in [-0.1, -0.05) is 41.3 Å². The smallest absolute Gasteiger partial charge is 0.250 e. The second-order valence-electron chi connectivity index (χ2n) is 4.46. The first-order valence-corrected chi connectivity index (χ1v) is 8.33. The molecule has 2 heterocycles. The number of carbonyl (C=O) groups excluding carboxylic acids is 1.